The van der Waals surface area contributed by atoms with E-state index in [-0.39, 0.29) is 18.7 Å². The van der Waals surface area contributed by atoms with Crippen molar-refractivity contribution >= 4 is 11.9 Å². The van der Waals surface area contributed by atoms with Crippen LogP contribution in [0.4, 0.5) is 0 Å². The fraction of sp³-hybridized carbons (Fsp3) is 0.875. The molecule has 0 saturated carbocycles. The van der Waals surface area contributed by atoms with E-state index in [9.17, 15) is 9.59 Å². The number of ether oxygens (including phenoxy) is 3. The van der Waals surface area contributed by atoms with E-state index in [0.29, 0.717) is 26.1 Å². The lowest BCUT2D eigenvalue weighted by Crippen LogP contribution is -2.09. The van der Waals surface area contributed by atoms with E-state index >= 15 is 0 Å². The first-order chi connectivity index (χ1) is 10.3. The molecule has 0 bridgehead atoms. The molecule has 0 N–H and O–H groups in total. The number of carbonyl (C=O) groups is 2. The number of carbonyl (C=O) groups excluding carboxylic acids is 2. The van der Waals surface area contributed by atoms with Crippen molar-refractivity contribution in [1.29, 1.82) is 0 Å². The van der Waals surface area contributed by atoms with Gasteiger partial charge in [-0.3, -0.25) is 9.59 Å². The summed E-state index contributed by atoms with van der Waals surface area (Å²) in [7, 11) is 0. The van der Waals surface area contributed by atoms with Crippen molar-refractivity contribution in [3.63, 3.8) is 0 Å². The summed E-state index contributed by atoms with van der Waals surface area (Å²) >= 11 is 0. The summed E-state index contributed by atoms with van der Waals surface area (Å²) in [6, 6.07) is 0. The number of hydrogen-bond donors (Lipinski definition) is 0. The molecule has 5 heteroatoms. The van der Waals surface area contributed by atoms with Crippen molar-refractivity contribution in [2.45, 2.75) is 70.6 Å². The monoisotopic (exact) mass is 300 g/mol. The summed E-state index contributed by atoms with van der Waals surface area (Å²) in [6.45, 7) is 1.20. The lowest BCUT2D eigenvalue weighted by molar-refractivity contribution is -0.156. The van der Waals surface area contributed by atoms with Gasteiger partial charge in [-0.2, -0.15) is 0 Å². The van der Waals surface area contributed by atoms with Gasteiger partial charge < -0.3 is 14.2 Å². The fourth-order valence-electron chi connectivity index (χ4n) is 2.23. The van der Waals surface area contributed by atoms with Crippen molar-refractivity contribution in [3.05, 3.63) is 0 Å². The van der Waals surface area contributed by atoms with Crippen LogP contribution in [0.2, 0.25) is 0 Å². The van der Waals surface area contributed by atoms with Crippen LogP contribution in [0.3, 0.4) is 0 Å². The third kappa shape index (κ3) is 11.3. The maximum absolute atomic E-state index is 11.5. The van der Waals surface area contributed by atoms with Crippen LogP contribution in [0.25, 0.3) is 0 Å². The second kappa shape index (κ2) is 12.6. The molecular weight excluding hydrogens is 272 g/mol. The fourth-order valence-corrected chi connectivity index (χ4v) is 2.23. The van der Waals surface area contributed by atoms with E-state index in [2.05, 4.69) is 0 Å². The van der Waals surface area contributed by atoms with Crippen LogP contribution < -0.4 is 0 Å². The van der Waals surface area contributed by atoms with E-state index in [0.717, 1.165) is 57.8 Å². The van der Waals surface area contributed by atoms with Gasteiger partial charge in [0.1, 0.15) is 0 Å². The van der Waals surface area contributed by atoms with Gasteiger partial charge in [-0.05, 0) is 32.1 Å². The summed E-state index contributed by atoms with van der Waals surface area (Å²) in [5.74, 6) is -0.267. The standard InChI is InChI=1S/C16H28O5/c17-15-10-6-2-1-3-7-11-16(18)21-14-19-12-8-4-5-9-13-20-15/h1-14H2. The van der Waals surface area contributed by atoms with Gasteiger partial charge in [0.25, 0.3) is 0 Å². The Balaban J connectivity index is 2.19. The normalized spacial score (nSPS) is 22.3. The first-order valence-corrected chi connectivity index (χ1v) is 8.18. The third-order valence-corrected chi connectivity index (χ3v) is 3.51. The Morgan fingerprint density at radius 1 is 0.571 bits per heavy atom. The van der Waals surface area contributed by atoms with E-state index in [1.807, 2.05) is 0 Å². The van der Waals surface area contributed by atoms with Crippen LogP contribution in [0, 0.1) is 0 Å². The molecule has 0 spiro atoms. The van der Waals surface area contributed by atoms with Gasteiger partial charge in [0.2, 0.25) is 0 Å². The van der Waals surface area contributed by atoms with Crippen molar-refractivity contribution in [3.8, 4) is 0 Å². The van der Waals surface area contributed by atoms with E-state index in [1.165, 1.54) is 0 Å². The molecule has 1 saturated heterocycles. The summed E-state index contributed by atoms with van der Waals surface area (Å²) in [5.41, 5.74) is 0. The van der Waals surface area contributed by atoms with Gasteiger partial charge in [0, 0.05) is 12.8 Å². The predicted molar refractivity (Wildman–Crippen MR) is 78.7 cm³/mol. The van der Waals surface area contributed by atoms with Crippen LogP contribution in [0.1, 0.15) is 70.6 Å². The molecule has 1 fully saturated rings. The number of cyclic esters (lactones) is 2. The minimum Gasteiger partial charge on any atom is -0.466 e. The Kier molecular flexibility index (Phi) is 10.8. The number of rotatable bonds is 0. The van der Waals surface area contributed by atoms with Gasteiger partial charge in [-0.25, -0.2) is 0 Å². The minimum atomic E-state index is -0.184. The largest absolute Gasteiger partial charge is 0.466 e. The smallest absolute Gasteiger partial charge is 0.307 e. The summed E-state index contributed by atoms with van der Waals surface area (Å²) in [5, 5.41) is 0. The average Bonchev–Trinajstić information content (AvgIpc) is 2.47. The zero-order valence-electron chi connectivity index (χ0n) is 12.9. The molecule has 0 atom stereocenters. The highest BCUT2D eigenvalue weighted by atomic mass is 16.7. The molecule has 0 aromatic rings. The summed E-state index contributed by atoms with van der Waals surface area (Å²) in [4.78, 5) is 22.9. The molecule has 5 nitrogen and oxygen atoms in total. The topological polar surface area (TPSA) is 61.8 Å². The van der Waals surface area contributed by atoms with E-state index < -0.39 is 0 Å². The van der Waals surface area contributed by atoms with Crippen LogP contribution in [-0.4, -0.2) is 31.9 Å². The van der Waals surface area contributed by atoms with Gasteiger partial charge in [0.15, 0.2) is 6.79 Å². The van der Waals surface area contributed by atoms with Gasteiger partial charge in [-0.15, -0.1) is 0 Å². The molecule has 0 aromatic carbocycles. The first-order valence-electron chi connectivity index (χ1n) is 8.18. The van der Waals surface area contributed by atoms with Gasteiger partial charge in [0.05, 0.1) is 13.2 Å². The molecule has 0 aliphatic carbocycles. The lowest BCUT2D eigenvalue weighted by atomic mass is 10.1. The Labute approximate surface area is 127 Å². The van der Waals surface area contributed by atoms with Crippen molar-refractivity contribution in [2.24, 2.45) is 0 Å². The van der Waals surface area contributed by atoms with E-state index in [4.69, 9.17) is 14.2 Å². The summed E-state index contributed by atoms with van der Waals surface area (Å²) < 4.78 is 15.4. The maximum atomic E-state index is 11.5. The minimum absolute atomic E-state index is 0.0659. The molecule has 0 aromatic heterocycles. The van der Waals surface area contributed by atoms with Crippen molar-refractivity contribution in [1.82, 2.24) is 0 Å². The Morgan fingerprint density at radius 2 is 1.10 bits per heavy atom. The van der Waals surface area contributed by atoms with Crippen molar-refractivity contribution < 1.29 is 23.8 Å². The van der Waals surface area contributed by atoms with Crippen LogP contribution in [0.5, 0.6) is 0 Å². The second-order valence-electron chi connectivity index (χ2n) is 5.44. The highest BCUT2D eigenvalue weighted by molar-refractivity contribution is 5.69. The highest BCUT2D eigenvalue weighted by Gasteiger charge is 2.05. The van der Waals surface area contributed by atoms with Crippen LogP contribution in [-0.2, 0) is 23.8 Å². The molecule has 0 amide bonds. The molecular formula is C16H28O5. The van der Waals surface area contributed by atoms with Gasteiger partial charge in [-0.1, -0.05) is 25.7 Å². The van der Waals surface area contributed by atoms with E-state index in [1.54, 1.807) is 0 Å². The molecule has 1 aliphatic heterocycles. The van der Waals surface area contributed by atoms with Gasteiger partial charge >= 0.3 is 11.9 Å². The quantitative estimate of drug-likeness (QED) is 0.642. The molecule has 122 valence electrons. The number of esters is 2. The predicted octanol–water partition coefficient (Wildman–Crippen LogP) is 3.35. The highest BCUT2D eigenvalue weighted by Crippen LogP contribution is 2.09. The SMILES string of the molecule is O=C1CCCCCCCC(=O)OCOCCCCCCO1. The molecule has 1 aliphatic rings. The van der Waals surface area contributed by atoms with Crippen LogP contribution in [0.15, 0.2) is 0 Å². The zero-order chi connectivity index (χ0) is 15.2. The maximum Gasteiger partial charge on any atom is 0.307 e. The third-order valence-electron chi connectivity index (χ3n) is 3.51. The second-order valence-corrected chi connectivity index (χ2v) is 5.44. The molecule has 1 rings (SSSR count). The lowest BCUT2D eigenvalue weighted by Gasteiger charge is -2.06. The average molecular weight is 300 g/mol. The molecule has 0 radical (unpaired) electrons. The summed E-state index contributed by atoms with van der Waals surface area (Å²) in [6.07, 6.45) is 9.60. The molecule has 21 heavy (non-hydrogen) atoms. The molecule has 0 unspecified atom stereocenters. The Bertz CT molecular complexity index is 262. The number of hydrogen-bond acceptors (Lipinski definition) is 5. The Morgan fingerprint density at radius 3 is 1.81 bits per heavy atom. The van der Waals surface area contributed by atoms with Crippen molar-refractivity contribution in [2.75, 3.05) is 20.0 Å². The molecule has 1 heterocycles. The first kappa shape index (κ1) is 18.0. The zero-order valence-corrected chi connectivity index (χ0v) is 12.9. The Hall–Kier alpha value is -1.10. The van der Waals surface area contributed by atoms with Crippen LogP contribution >= 0.6 is 0 Å².